The lowest BCUT2D eigenvalue weighted by Gasteiger charge is -2.37. The molecule has 118 valence electrons. The van der Waals surface area contributed by atoms with Gasteiger partial charge in [-0.1, -0.05) is 0 Å². The fourth-order valence-electron chi connectivity index (χ4n) is 2.92. The van der Waals surface area contributed by atoms with Crippen LogP contribution in [0.5, 0.6) is 0 Å². The first kappa shape index (κ1) is 16.2. The molecule has 1 unspecified atom stereocenters. The predicted molar refractivity (Wildman–Crippen MR) is 81.1 cm³/mol. The molecule has 2 rings (SSSR count). The molecular weight excluding hydrogens is 293 g/mol. The molecule has 0 radical (unpaired) electrons. The highest BCUT2D eigenvalue weighted by molar-refractivity contribution is 7.89. The van der Waals surface area contributed by atoms with Crippen LogP contribution < -0.4 is 5.73 Å². The molecular formula is C14H22FN3O2S. The highest BCUT2D eigenvalue weighted by Crippen LogP contribution is 2.31. The Morgan fingerprint density at radius 3 is 2.52 bits per heavy atom. The van der Waals surface area contributed by atoms with E-state index >= 15 is 0 Å². The fraction of sp³-hybridized carbons (Fsp3) is 0.571. The van der Waals surface area contributed by atoms with Crippen molar-refractivity contribution in [1.29, 1.82) is 0 Å². The Labute approximate surface area is 125 Å². The number of rotatable bonds is 2. The lowest BCUT2D eigenvalue weighted by atomic mass is 10.1. The molecule has 1 aromatic rings. The standard InChI is InChI=1S/C14H22FN3O2S/c1-9-7-12(15)13(16)11(3)14(9)21(19,20)18-6-5-17(4)8-10(18)2/h7,10H,5-6,8,16H2,1-4H3. The monoisotopic (exact) mass is 315 g/mol. The van der Waals surface area contributed by atoms with E-state index in [9.17, 15) is 12.8 Å². The maximum Gasteiger partial charge on any atom is 0.244 e. The molecule has 5 nitrogen and oxygen atoms in total. The van der Waals surface area contributed by atoms with Crippen LogP contribution in [0, 0.1) is 19.7 Å². The van der Waals surface area contributed by atoms with Gasteiger partial charge in [0.25, 0.3) is 0 Å². The largest absolute Gasteiger partial charge is 0.396 e. The first-order valence-corrected chi connectivity index (χ1v) is 8.35. The summed E-state index contributed by atoms with van der Waals surface area (Å²) in [4.78, 5) is 2.23. The number of nitrogen functional groups attached to an aromatic ring is 1. The van der Waals surface area contributed by atoms with Gasteiger partial charge in [0.2, 0.25) is 10.0 Å². The van der Waals surface area contributed by atoms with Crippen molar-refractivity contribution >= 4 is 15.7 Å². The van der Waals surface area contributed by atoms with Crippen LogP contribution in [0.15, 0.2) is 11.0 Å². The van der Waals surface area contributed by atoms with Crippen molar-refractivity contribution < 1.29 is 12.8 Å². The van der Waals surface area contributed by atoms with E-state index in [1.165, 1.54) is 10.4 Å². The van der Waals surface area contributed by atoms with E-state index < -0.39 is 15.8 Å². The Hall–Kier alpha value is -1.18. The van der Waals surface area contributed by atoms with Crippen LogP contribution in [0.25, 0.3) is 0 Å². The summed E-state index contributed by atoms with van der Waals surface area (Å²) in [5.74, 6) is -0.574. The van der Waals surface area contributed by atoms with Crippen molar-refractivity contribution in [3.63, 3.8) is 0 Å². The third-order valence-corrected chi connectivity index (χ3v) is 6.34. The minimum atomic E-state index is -3.68. The molecule has 0 bridgehead atoms. The second-order valence-corrected chi connectivity index (χ2v) is 7.60. The first-order chi connectivity index (χ1) is 9.66. The molecule has 0 spiro atoms. The molecule has 1 saturated heterocycles. The van der Waals surface area contributed by atoms with Gasteiger partial charge in [-0.3, -0.25) is 0 Å². The smallest absolute Gasteiger partial charge is 0.244 e. The van der Waals surface area contributed by atoms with Gasteiger partial charge in [0.05, 0.1) is 10.6 Å². The van der Waals surface area contributed by atoms with Crippen LogP contribution in [0.3, 0.4) is 0 Å². The number of anilines is 1. The minimum Gasteiger partial charge on any atom is -0.396 e. The normalized spacial score (nSPS) is 21.7. The second kappa shape index (κ2) is 5.55. The molecule has 1 atom stereocenters. The fourth-order valence-corrected chi connectivity index (χ4v) is 4.98. The van der Waals surface area contributed by atoms with Gasteiger partial charge in [0.15, 0.2) is 0 Å². The summed E-state index contributed by atoms with van der Waals surface area (Å²) < 4.78 is 41.0. The Morgan fingerprint density at radius 1 is 1.33 bits per heavy atom. The number of nitrogens with two attached hydrogens (primary N) is 1. The summed E-state index contributed by atoms with van der Waals surface area (Å²) in [6, 6.07) is 1.06. The zero-order valence-electron chi connectivity index (χ0n) is 12.9. The third-order valence-electron chi connectivity index (χ3n) is 4.04. The van der Waals surface area contributed by atoms with E-state index in [-0.39, 0.29) is 16.6 Å². The number of benzene rings is 1. The van der Waals surface area contributed by atoms with Gasteiger partial charge in [-0.2, -0.15) is 4.31 Å². The Morgan fingerprint density at radius 2 is 1.95 bits per heavy atom. The second-order valence-electron chi connectivity index (χ2n) is 5.77. The number of halogens is 1. The van der Waals surface area contributed by atoms with Crippen molar-refractivity contribution in [2.75, 3.05) is 32.4 Å². The van der Waals surface area contributed by atoms with Crippen LogP contribution >= 0.6 is 0 Å². The maximum absolute atomic E-state index is 13.6. The van der Waals surface area contributed by atoms with Crippen LogP contribution in [-0.2, 0) is 10.0 Å². The highest BCUT2D eigenvalue weighted by Gasteiger charge is 2.35. The van der Waals surface area contributed by atoms with Gasteiger partial charge in [0, 0.05) is 25.7 Å². The molecule has 2 N–H and O–H groups in total. The molecule has 1 aromatic carbocycles. The molecule has 1 aliphatic rings. The van der Waals surface area contributed by atoms with Gasteiger partial charge in [-0.15, -0.1) is 0 Å². The molecule has 7 heteroatoms. The van der Waals surface area contributed by atoms with Gasteiger partial charge < -0.3 is 10.6 Å². The van der Waals surface area contributed by atoms with Crippen LogP contribution in [-0.4, -0.2) is 50.3 Å². The zero-order chi connectivity index (χ0) is 15.9. The number of aryl methyl sites for hydroxylation is 1. The van der Waals surface area contributed by atoms with Crippen molar-refractivity contribution in [2.24, 2.45) is 0 Å². The molecule has 0 amide bonds. The van der Waals surface area contributed by atoms with E-state index in [0.29, 0.717) is 30.8 Å². The zero-order valence-corrected chi connectivity index (χ0v) is 13.7. The van der Waals surface area contributed by atoms with E-state index in [2.05, 4.69) is 4.90 Å². The van der Waals surface area contributed by atoms with Gasteiger partial charge in [0.1, 0.15) is 5.82 Å². The summed E-state index contributed by atoms with van der Waals surface area (Å²) in [6.07, 6.45) is 0. The topological polar surface area (TPSA) is 66.6 Å². The molecule has 1 heterocycles. The Kier molecular flexibility index (Phi) is 4.28. The van der Waals surface area contributed by atoms with Crippen molar-refractivity contribution in [3.8, 4) is 0 Å². The van der Waals surface area contributed by atoms with Crippen LogP contribution in [0.2, 0.25) is 0 Å². The van der Waals surface area contributed by atoms with Crippen molar-refractivity contribution in [2.45, 2.75) is 31.7 Å². The summed E-state index contributed by atoms with van der Waals surface area (Å²) in [5, 5.41) is 0. The lowest BCUT2D eigenvalue weighted by molar-refractivity contribution is 0.170. The van der Waals surface area contributed by atoms with Gasteiger partial charge in [-0.05, 0) is 45.0 Å². The molecule has 21 heavy (non-hydrogen) atoms. The summed E-state index contributed by atoms with van der Waals surface area (Å²) in [5.41, 5.74) is 6.26. The summed E-state index contributed by atoms with van der Waals surface area (Å²) >= 11 is 0. The Balaban J connectivity index is 2.53. The SMILES string of the molecule is Cc1cc(F)c(N)c(C)c1S(=O)(=O)N1CCN(C)CC1C. The Bertz CT molecular complexity index is 661. The van der Waals surface area contributed by atoms with Crippen molar-refractivity contribution in [1.82, 2.24) is 9.21 Å². The lowest BCUT2D eigenvalue weighted by Crippen LogP contribution is -2.52. The average Bonchev–Trinajstić information content (AvgIpc) is 2.35. The molecule has 0 saturated carbocycles. The number of hydrogen-bond donors (Lipinski definition) is 1. The molecule has 1 fully saturated rings. The maximum atomic E-state index is 13.6. The minimum absolute atomic E-state index is 0.0963. The number of likely N-dealkylation sites (N-methyl/N-ethyl adjacent to an activating group) is 1. The summed E-state index contributed by atoms with van der Waals surface area (Å²) in [7, 11) is -1.71. The molecule has 0 aromatic heterocycles. The van der Waals surface area contributed by atoms with E-state index in [4.69, 9.17) is 5.73 Å². The predicted octanol–water partition coefficient (Wildman–Crippen LogP) is 1.35. The highest BCUT2D eigenvalue weighted by atomic mass is 32.2. The number of piperazine rings is 1. The van der Waals surface area contributed by atoms with Gasteiger partial charge in [-0.25, -0.2) is 12.8 Å². The first-order valence-electron chi connectivity index (χ1n) is 6.91. The van der Waals surface area contributed by atoms with Gasteiger partial charge >= 0.3 is 0 Å². The quantitative estimate of drug-likeness (QED) is 0.837. The van der Waals surface area contributed by atoms with E-state index in [0.717, 1.165) is 0 Å². The van der Waals surface area contributed by atoms with E-state index in [1.807, 2.05) is 14.0 Å². The molecule has 1 aliphatic heterocycles. The number of hydrogen-bond acceptors (Lipinski definition) is 4. The number of sulfonamides is 1. The third kappa shape index (κ3) is 2.77. The van der Waals surface area contributed by atoms with E-state index in [1.54, 1.807) is 13.8 Å². The molecule has 0 aliphatic carbocycles. The average molecular weight is 315 g/mol. The van der Waals surface area contributed by atoms with Crippen LogP contribution in [0.1, 0.15) is 18.1 Å². The van der Waals surface area contributed by atoms with Crippen LogP contribution in [0.4, 0.5) is 10.1 Å². The van der Waals surface area contributed by atoms with Crippen molar-refractivity contribution in [3.05, 3.63) is 23.0 Å². The number of nitrogens with zero attached hydrogens (tertiary/aromatic N) is 2. The summed E-state index contributed by atoms with van der Waals surface area (Å²) in [6.45, 7) is 6.81.